The average molecular weight is 501 g/mol. The first-order chi connectivity index (χ1) is 16.1. The summed E-state index contributed by atoms with van der Waals surface area (Å²) in [5.41, 5.74) is 0. The largest absolute Gasteiger partial charge is 1.00 e. The molecule has 0 amide bonds. The van der Waals surface area contributed by atoms with E-state index in [0.717, 1.165) is 30.0 Å². The molecule has 2 aromatic carbocycles. The summed E-state index contributed by atoms with van der Waals surface area (Å²) in [6.45, 7) is 4.54. The summed E-state index contributed by atoms with van der Waals surface area (Å²) in [4.78, 5) is 8.27. The second kappa shape index (κ2) is 21.6. The van der Waals surface area contributed by atoms with Gasteiger partial charge in [-0.05, 0) is 17.9 Å². The Kier molecular flexibility index (Phi) is 21.1. The van der Waals surface area contributed by atoms with Gasteiger partial charge in [0.2, 0.25) is 0 Å². The molecule has 0 unspecified atom stereocenters. The molecule has 34 heavy (non-hydrogen) atoms. The normalized spacial score (nSPS) is 11.0. The van der Waals surface area contributed by atoms with E-state index in [1.54, 1.807) is 12.1 Å². The van der Waals surface area contributed by atoms with Crippen molar-refractivity contribution in [2.45, 2.75) is 108 Å². The molecule has 0 aromatic heterocycles. The average Bonchev–Trinajstić information content (AvgIpc) is 2.84. The predicted octanol–water partition coefficient (Wildman–Crippen LogP) is 5.35. The van der Waals surface area contributed by atoms with Gasteiger partial charge in [-0.3, -0.25) is 4.18 Å². The van der Waals surface area contributed by atoms with Crippen molar-refractivity contribution in [2.75, 3.05) is 6.61 Å². The first kappa shape index (κ1) is 33.3. The predicted molar refractivity (Wildman–Crippen MR) is 140 cm³/mol. The molecule has 0 radical (unpaired) electrons. The van der Waals surface area contributed by atoms with Gasteiger partial charge in [-0.25, -0.2) is 0 Å². The molecule has 0 atom stereocenters. The molecule has 0 spiro atoms. The minimum absolute atomic E-state index is 0. The van der Waals surface area contributed by atoms with Gasteiger partial charge in [0, 0.05) is 5.39 Å². The van der Waals surface area contributed by atoms with Gasteiger partial charge < -0.3 is 6.22 Å². The number of carbonyl (C=O) groups excluding carboxylic acids is 1. The number of hydrogen-bond donors (Lipinski definition) is 0. The van der Waals surface area contributed by atoms with Crippen molar-refractivity contribution in [3.63, 3.8) is 0 Å². The van der Waals surface area contributed by atoms with Crippen LogP contribution in [0.25, 0.3) is 10.8 Å². The molecule has 0 bridgehead atoms. The van der Waals surface area contributed by atoms with Crippen molar-refractivity contribution >= 4 is 27.7 Å². The summed E-state index contributed by atoms with van der Waals surface area (Å²) in [7, 11) is -3.71. The minimum atomic E-state index is -3.71. The zero-order valence-corrected chi connectivity index (χ0v) is 24.4. The Labute approximate surface area is 232 Å². The number of fused-ring (bicyclic) bond motifs is 1. The van der Waals surface area contributed by atoms with Crippen LogP contribution in [-0.2, 0) is 19.1 Å². The zero-order valence-electron chi connectivity index (χ0n) is 22.6. The number of carbonyl (C=O) groups is 1. The Morgan fingerprint density at radius 2 is 1.12 bits per heavy atom. The van der Waals surface area contributed by atoms with E-state index in [9.17, 15) is 8.42 Å². The summed E-state index contributed by atoms with van der Waals surface area (Å²) in [6, 6.07) is 12.8. The van der Waals surface area contributed by atoms with E-state index < -0.39 is 10.1 Å². The molecule has 6 heteroatoms. The van der Waals surface area contributed by atoms with Crippen LogP contribution >= 0.6 is 0 Å². The summed E-state index contributed by atoms with van der Waals surface area (Å²) < 4.78 is 30.5. The van der Waals surface area contributed by atoms with Crippen molar-refractivity contribution in [1.82, 2.24) is 0 Å². The first-order valence-electron chi connectivity index (χ1n) is 12.8. The van der Waals surface area contributed by atoms with Gasteiger partial charge in [-0.15, -0.1) is 0 Å². The Morgan fingerprint density at radius 3 is 1.65 bits per heavy atom. The molecular weight excluding hydrogens is 455 g/mol. The van der Waals surface area contributed by atoms with Gasteiger partial charge >= 0.3 is 29.6 Å². The molecule has 0 fully saturated rings. The Balaban J connectivity index is 0. The van der Waals surface area contributed by atoms with Crippen LogP contribution < -0.4 is 29.6 Å². The molecule has 0 aliphatic rings. The van der Waals surface area contributed by atoms with E-state index in [0.29, 0.717) is 0 Å². The topological polar surface area (TPSA) is 60.4 Å². The second-order valence-corrected chi connectivity index (χ2v) is 10.3. The molecule has 2 rings (SSSR count). The van der Waals surface area contributed by atoms with E-state index in [4.69, 9.17) is 8.98 Å². The van der Waals surface area contributed by atoms with Crippen molar-refractivity contribution < 1.29 is 48.4 Å². The van der Waals surface area contributed by atoms with E-state index in [-0.39, 0.29) is 42.5 Å². The van der Waals surface area contributed by atoms with E-state index in [1.807, 2.05) is 37.1 Å². The minimum Gasteiger partial charge on any atom is -1.00 e. The monoisotopic (exact) mass is 500 g/mol. The maximum absolute atomic E-state index is 12.6. The fourth-order valence-corrected chi connectivity index (χ4v) is 5.28. The molecule has 0 saturated heterocycles. The quantitative estimate of drug-likeness (QED) is 0.157. The van der Waals surface area contributed by atoms with Crippen LogP contribution in [0.2, 0.25) is 0 Å². The molecule has 0 aliphatic carbocycles. The van der Waals surface area contributed by atoms with E-state index >= 15 is 0 Å². The van der Waals surface area contributed by atoms with Crippen LogP contribution in [0.3, 0.4) is 0 Å². The van der Waals surface area contributed by atoms with Gasteiger partial charge in [-0.2, -0.15) is 8.42 Å². The van der Waals surface area contributed by atoms with Gasteiger partial charge in [0.15, 0.2) is 0 Å². The molecule has 0 N–H and O–H groups in total. The van der Waals surface area contributed by atoms with E-state index in [1.165, 1.54) is 77.0 Å². The van der Waals surface area contributed by atoms with Crippen molar-refractivity contribution in [3.05, 3.63) is 42.5 Å². The molecule has 0 heterocycles. The number of rotatable bonds is 18. The van der Waals surface area contributed by atoms with Crippen LogP contribution in [0.4, 0.5) is 0 Å². The van der Waals surface area contributed by atoms with Crippen molar-refractivity contribution in [3.8, 4) is 0 Å². The second-order valence-electron chi connectivity index (χ2n) is 8.70. The standard InChI is InChI=1S/C27H42O3S.CH2O.Na.H/c1-2-3-4-5-6-7-8-9-10-11-12-13-14-15-18-24-30-31(28,29)27-23-19-21-25-20-16-17-22-26(25)27;1-2;;/h16-17,19-23H,2-15,18,24H2,1H3;1H2;;/q;;+1;-1. The zero-order chi connectivity index (χ0) is 24.2. The van der Waals surface area contributed by atoms with Crippen LogP contribution in [0.5, 0.6) is 0 Å². The molecule has 0 saturated carbocycles. The molecule has 0 aliphatic heterocycles. The van der Waals surface area contributed by atoms with Gasteiger partial charge in [0.1, 0.15) is 11.7 Å². The Hall–Kier alpha value is -0.720. The van der Waals surface area contributed by atoms with Gasteiger partial charge in [-0.1, -0.05) is 133 Å². The van der Waals surface area contributed by atoms with Crippen LogP contribution in [-0.4, -0.2) is 21.8 Å². The molecular formula is C28H45NaO4S. The fourth-order valence-electron chi connectivity index (χ4n) is 4.12. The van der Waals surface area contributed by atoms with Crippen LogP contribution in [0, 0.1) is 0 Å². The first-order valence-corrected chi connectivity index (χ1v) is 14.2. The SMILES string of the molecule is C=O.CCCCCCCCCCCCCCCCCOS(=O)(=O)c1cccc2ccccc12.[H-].[Na+]. The van der Waals surface area contributed by atoms with Crippen LogP contribution in [0.15, 0.2) is 47.4 Å². The number of hydrogen-bond acceptors (Lipinski definition) is 4. The third-order valence-corrected chi connectivity index (χ3v) is 7.38. The molecule has 2 aromatic rings. The summed E-state index contributed by atoms with van der Waals surface area (Å²) in [6.07, 6.45) is 19.4. The number of benzene rings is 2. The van der Waals surface area contributed by atoms with Gasteiger partial charge in [0.25, 0.3) is 10.1 Å². The molecule has 4 nitrogen and oxygen atoms in total. The molecule has 188 valence electrons. The van der Waals surface area contributed by atoms with Crippen LogP contribution in [0.1, 0.15) is 105 Å². The van der Waals surface area contributed by atoms with Crippen molar-refractivity contribution in [1.29, 1.82) is 0 Å². The Morgan fingerprint density at radius 1 is 0.676 bits per heavy atom. The summed E-state index contributed by atoms with van der Waals surface area (Å²) in [5.74, 6) is 0. The summed E-state index contributed by atoms with van der Waals surface area (Å²) in [5, 5.41) is 1.64. The van der Waals surface area contributed by atoms with Gasteiger partial charge in [0.05, 0.1) is 6.61 Å². The third kappa shape index (κ3) is 14.0. The maximum Gasteiger partial charge on any atom is 1.00 e. The third-order valence-electron chi connectivity index (χ3n) is 6.01. The maximum atomic E-state index is 12.6. The van der Waals surface area contributed by atoms with Crippen molar-refractivity contribution in [2.24, 2.45) is 0 Å². The summed E-state index contributed by atoms with van der Waals surface area (Å²) >= 11 is 0. The Bertz CT molecular complexity index is 856. The smallest absolute Gasteiger partial charge is 1.00 e. The van der Waals surface area contributed by atoms with E-state index in [2.05, 4.69) is 6.92 Å². The number of unbranched alkanes of at least 4 members (excludes halogenated alkanes) is 14. The fraction of sp³-hybridized carbons (Fsp3) is 0.607.